The average molecular weight is 278 g/mol. The number of ether oxygens (including phenoxy) is 1. The van der Waals surface area contributed by atoms with Gasteiger partial charge in [-0.3, -0.25) is 10.1 Å². The highest BCUT2D eigenvalue weighted by Gasteiger charge is 2.13. The molecule has 98 valence electrons. The van der Waals surface area contributed by atoms with E-state index in [-0.39, 0.29) is 17.0 Å². The van der Waals surface area contributed by atoms with E-state index in [1.807, 2.05) is 18.2 Å². The second kappa shape index (κ2) is 5.67. The standard InChI is InChI=1S/C13H12ClN3O2/c1-8-11(19-10-6-4-3-5-7-10)12(14)17-13(15-8)16-9(2)18/h3-7H,1-2H3,(H,15,16,17,18). The number of carbonyl (C=O) groups excluding carboxylic acids is 1. The van der Waals surface area contributed by atoms with Crippen LogP contribution in [0.25, 0.3) is 0 Å². The molecule has 1 aromatic heterocycles. The first-order valence-corrected chi connectivity index (χ1v) is 5.98. The predicted molar refractivity (Wildman–Crippen MR) is 72.6 cm³/mol. The van der Waals surface area contributed by atoms with Gasteiger partial charge in [-0.1, -0.05) is 29.8 Å². The summed E-state index contributed by atoms with van der Waals surface area (Å²) in [7, 11) is 0. The van der Waals surface area contributed by atoms with Gasteiger partial charge >= 0.3 is 0 Å². The molecular weight excluding hydrogens is 266 g/mol. The number of benzene rings is 1. The van der Waals surface area contributed by atoms with Gasteiger partial charge in [0, 0.05) is 6.92 Å². The predicted octanol–water partition coefficient (Wildman–Crippen LogP) is 3.19. The first kappa shape index (κ1) is 13.3. The quantitative estimate of drug-likeness (QED) is 0.875. The lowest BCUT2D eigenvalue weighted by atomic mass is 10.3. The van der Waals surface area contributed by atoms with E-state index in [4.69, 9.17) is 16.3 Å². The highest BCUT2D eigenvalue weighted by Crippen LogP contribution is 2.31. The number of hydrogen-bond donors (Lipinski definition) is 1. The number of halogens is 1. The van der Waals surface area contributed by atoms with Crippen molar-refractivity contribution in [2.75, 3.05) is 5.32 Å². The van der Waals surface area contributed by atoms with Crippen LogP contribution in [0.3, 0.4) is 0 Å². The van der Waals surface area contributed by atoms with Gasteiger partial charge in [0.15, 0.2) is 10.9 Å². The molecule has 0 atom stereocenters. The van der Waals surface area contributed by atoms with Crippen molar-refractivity contribution in [2.45, 2.75) is 13.8 Å². The van der Waals surface area contributed by atoms with Crippen molar-refractivity contribution in [3.05, 3.63) is 41.2 Å². The Bertz CT molecular complexity index is 579. The zero-order valence-corrected chi connectivity index (χ0v) is 11.2. The SMILES string of the molecule is CC(=O)Nc1nc(C)c(Oc2ccccc2)c(Cl)n1. The van der Waals surface area contributed by atoms with E-state index < -0.39 is 0 Å². The van der Waals surface area contributed by atoms with E-state index in [1.165, 1.54) is 6.92 Å². The number of amides is 1. The van der Waals surface area contributed by atoms with E-state index in [2.05, 4.69) is 15.3 Å². The van der Waals surface area contributed by atoms with Gasteiger partial charge in [0.25, 0.3) is 0 Å². The van der Waals surface area contributed by atoms with E-state index in [0.717, 1.165) is 0 Å². The fourth-order valence-electron chi connectivity index (χ4n) is 1.46. The van der Waals surface area contributed by atoms with Crippen LogP contribution in [0.5, 0.6) is 11.5 Å². The molecule has 5 nitrogen and oxygen atoms in total. The molecule has 6 heteroatoms. The van der Waals surface area contributed by atoms with E-state index >= 15 is 0 Å². The Morgan fingerprint density at radius 3 is 2.53 bits per heavy atom. The number of para-hydroxylation sites is 1. The van der Waals surface area contributed by atoms with Crippen LogP contribution in [0.1, 0.15) is 12.6 Å². The zero-order chi connectivity index (χ0) is 13.8. The number of rotatable bonds is 3. The Hall–Kier alpha value is -2.14. The molecule has 0 aliphatic heterocycles. The summed E-state index contributed by atoms with van der Waals surface area (Å²) in [5.74, 6) is 0.924. The Morgan fingerprint density at radius 1 is 1.26 bits per heavy atom. The molecule has 0 unspecified atom stereocenters. The molecule has 1 N–H and O–H groups in total. The van der Waals surface area contributed by atoms with Gasteiger partial charge in [0.05, 0.1) is 5.69 Å². The number of aromatic nitrogens is 2. The lowest BCUT2D eigenvalue weighted by Crippen LogP contribution is -2.10. The molecule has 2 rings (SSSR count). The van der Waals surface area contributed by atoms with Gasteiger partial charge in [-0.25, -0.2) is 4.98 Å². The van der Waals surface area contributed by atoms with Crippen LogP contribution in [0.2, 0.25) is 5.15 Å². The fourth-order valence-corrected chi connectivity index (χ4v) is 1.72. The van der Waals surface area contributed by atoms with Crippen molar-refractivity contribution in [1.82, 2.24) is 9.97 Å². The van der Waals surface area contributed by atoms with Gasteiger partial charge in [-0.05, 0) is 19.1 Å². The highest BCUT2D eigenvalue weighted by molar-refractivity contribution is 6.31. The molecule has 0 fully saturated rings. The molecule has 0 spiro atoms. The highest BCUT2D eigenvalue weighted by atomic mass is 35.5. The third-order valence-corrected chi connectivity index (χ3v) is 2.50. The number of nitrogens with one attached hydrogen (secondary N) is 1. The van der Waals surface area contributed by atoms with Crippen LogP contribution in [0.4, 0.5) is 5.95 Å². The lowest BCUT2D eigenvalue weighted by Gasteiger charge is -2.10. The first-order chi connectivity index (χ1) is 9.06. The maximum atomic E-state index is 10.9. The van der Waals surface area contributed by atoms with Crippen molar-refractivity contribution < 1.29 is 9.53 Å². The minimum atomic E-state index is -0.257. The molecule has 0 saturated carbocycles. The monoisotopic (exact) mass is 277 g/mol. The molecule has 1 aromatic carbocycles. The minimum absolute atomic E-state index is 0.153. The number of aryl methyl sites for hydroxylation is 1. The van der Waals surface area contributed by atoms with Crippen molar-refractivity contribution in [2.24, 2.45) is 0 Å². The normalized spacial score (nSPS) is 10.1. The van der Waals surface area contributed by atoms with Crippen molar-refractivity contribution >= 4 is 23.5 Å². The number of carbonyl (C=O) groups is 1. The smallest absolute Gasteiger partial charge is 0.231 e. The molecule has 1 amide bonds. The van der Waals surface area contributed by atoms with Gasteiger partial charge in [-0.15, -0.1) is 0 Å². The van der Waals surface area contributed by atoms with Gasteiger partial charge in [0.2, 0.25) is 11.9 Å². The fraction of sp³-hybridized carbons (Fsp3) is 0.154. The third kappa shape index (κ3) is 3.42. The maximum Gasteiger partial charge on any atom is 0.231 e. The molecule has 1 heterocycles. The van der Waals surface area contributed by atoms with Crippen LogP contribution < -0.4 is 10.1 Å². The summed E-state index contributed by atoms with van der Waals surface area (Å²) in [5, 5.41) is 2.63. The van der Waals surface area contributed by atoms with Gasteiger partial charge in [-0.2, -0.15) is 4.98 Å². The van der Waals surface area contributed by atoms with E-state index in [0.29, 0.717) is 17.2 Å². The number of nitrogens with zero attached hydrogens (tertiary/aromatic N) is 2. The number of anilines is 1. The largest absolute Gasteiger partial charge is 0.452 e. The Balaban J connectivity index is 2.29. The van der Waals surface area contributed by atoms with E-state index in [1.54, 1.807) is 19.1 Å². The summed E-state index contributed by atoms with van der Waals surface area (Å²) < 4.78 is 5.63. The molecule has 0 radical (unpaired) electrons. The third-order valence-electron chi connectivity index (χ3n) is 2.24. The van der Waals surface area contributed by atoms with Crippen LogP contribution in [0, 0.1) is 6.92 Å². The minimum Gasteiger partial charge on any atom is -0.452 e. The molecule has 0 bridgehead atoms. The summed E-state index contributed by atoms with van der Waals surface area (Å²) in [6, 6.07) is 9.20. The summed E-state index contributed by atoms with van der Waals surface area (Å²) in [6.45, 7) is 3.11. The van der Waals surface area contributed by atoms with Crippen LogP contribution in [-0.4, -0.2) is 15.9 Å². The molecule has 0 aliphatic carbocycles. The summed E-state index contributed by atoms with van der Waals surface area (Å²) in [6.07, 6.45) is 0. The second-order valence-corrected chi connectivity index (χ2v) is 4.21. The average Bonchev–Trinajstić information content (AvgIpc) is 2.34. The van der Waals surface area contributed by atoms with E-state index in [9.17, 15) is 4.79 Å². The van der Waals surface area contributed by atoms with Crippen molar-refractivity contribution in [3.8, 4) is 11.5 Å². The summed E-state index contributed by atoms with van der Waals surface area (Å²) >= 11 is 6.04. The summed E-state index contributed by atoms with van der Waals surface area (Å²) in [5.41, 5.74) is 0.549. The summed E-state index contributed by atoms with van der Waals surface area (Å²) in [4.78, 5) is 19.0. The first-order valence-electron chi connectivity index (χ1n) is 5.61. The van der Waals surface area contributed by atoms with Gasteiger partial charge < -0.3 is 4.74 Å². The molecule has 0 aliphatic rings. The zero-order valence-electron chi connectivity index (χ0n) is 10.5. The molecular formula is C13H12ClN3O2. The molecule has 19 heavy (non-hydrogen) atoms. The topological polar surface area (TPSA) is 64.1 Å². The van der Waals surface area contributed by atoms with Crippen LogP contribution in [-0.2, 0) is 4.79 Å². The van der Waals surface area contributed by atoms with Crippen molar-refractivity contribution in [1.29, 1.82) is 0 Å². The molecule has 2 aromatic rings. The molecule has 0 saturated heterocycles. The Morgan fingerprint density at radius 2 is 1.95 bits per heavy atom. The second-order valence-electron chi connectivity index (χ2n) is 3.85. The Kier molecular flexibility index (Phi) is 3.97. The number of hydrogen-bond acceptors (Lipinski definition) is 4. The Labute approximate surface area is 115 Å². The lowest BCUT2D eigenvalue weighted by molar-refractivity contribution is -0.114. The maximum absolute atomic E-state index is 10.9. The van der Waals surface area contributed by atoms with Gasteiger partial charge in [0.1, 0.15) is 5.75 Å². The van der Waals surface area contributed by atoms with Crippen LogP contribution in [0.15, 0.2) is 30.3 Å². The van der Waals surface area contributed by atoms with Crippen LogP contribution >= 0.6 is 11.6 Å². The van der Waals surface area contributed by atoms with Crippen molar-refractivity contribution in [3.63, 3.8) is 0 Å².